The topological polar surface area (TPSA) is 54.2 Å². The van der Waals surface area contributed by atoms with Crippen LogP contribution in [0.5, 0.6) is 0 Å². The molecule has 13 heavy (non-hydrogen) atoms. The van der Waals surface area contributed by atoms with Crippen LogP contribution in [0.2, 0.25) is 0 Å². The van der Waals surface area contributed by atoms with Crippen LogP contribution in [0.4, 0.5) is 11.4 Å². The van der Waals surface area contributed by atoms with Gasteiger partial charge in [0.05, 0.1) is 5.39 Å². The molecule has 0 atom stereocenters. The normalized spacial score (nSPS) is 9.77. The first-order valence-electron chi connectivity index (χ1n) is 3.95. The average molecular weight is 170 g/mol. The lowest BCUT2D eigenvalue weighted by Gasteiger charge is -1.94. The first-order chi connectivity index (χ1) is 6.33. The summed E-state index contributed by atoms with van der Waals surface area (Å²) in [6.45, 7) is 0. The predicted molar refractivity (Wildman–Crippen MR) is 53.1 cm³/mol. The van der Waals surface area contributed by atoms with Gasteiger partial charge in [0.15, 0.2) is 4.98 Å². The maximum atomic E-state index is 8.76. The third-order valence-corrected chi connectivity index (χ3v) is 2.03. The standard InChI is InChI=1S/C10H8N3/c11-9-6-5-7-3-1-2-4-8(7)10(9)13-12/h1-6H,11H2/q+1. The van der Waals surface area contributed by atoms with E-state index in [9.17, 15) is 0 Å². The van der Waals surface area contributed by atoms with E-state index in [0.29, 0.717) is 11.4 Å². The van der Waals surface area contributed by atoms with Crippen molar-refractivity contribution < 1.29 is 0 Å². The Morgan fingerprint density at radius 3 is 2.62 bits per heavy atom. The second kappa shape index (κ2) is 2.76. The van der Waals surface area contributed by atoms with Crippen molar-refractivity contribution in [3.63, 3.8) is 0 Å². The zero-order valence-corrected chi connectivity index (χ0v) is 6.94. The molecule has 0 fully saturated rings. The van der Waals surface area contributed by atoms with Gasteiger partial charge in [-0.25, -0.2) is 0 Å². The fourth-order valence-corrected chi connectivity index (χ4v) is 1.38. The van der Waals surface area contributed by atoms with Crippen LogP contribution in [0.1, 0.15) is 0 Å². The van der Waals surface area contributed by atoms with E-state index in [1.54, 1.807) is 6.07 Å². The Balaban J connectivity index is 2.94. The van der Waals surface area contributed by atoms with Crippen LogP contribution in [0.25, 0.3) is 15.7 Å². The van der Waals surface area contributed by atoms with Crippen molar-refractivity contribution >= 4 is 22.1 Å². The molecule has 0 radical (unpaired) electrons. The van der Waals surface area contributed by atoms with Gasteiger partial charge in [-0.05, 0) is 17.5 Å². The van der Waals surface area contributed by atoms with Crippen molar-refractivity contribution in [2.75, 3.05) is 5.73 Å². The van der Waals surface area contributed by atoms with Crippen molar-refractivity contribution in [1.82, 2.24) is 0 Å². The number of fused-ring (bicyclic) bond motifs is 1. The maximum Gasteiger partial charge on any atom is 0.415 e. The molecular formula is C10H8N3+. The highest BCUT2D eigenvalue weighted by Gasteiger charge is 2.15. The third kappa shape index (κ3) is 1.09. The number of diazo groups is 1. The molecule has 0 amide bonds. The molecule has 62 valence electrons. The van der Waals surface area contributed by atoms with Gasteiger partial charge in [0, 0.05) is 0 Å². The molecule has 2 rings (SSSR count). The minimum Gasteiger partial charge on any atom is -0.392 e. The Morgan fingerprint density at radius 1 is 1.08 bits per heavy atom. The summed E-state index contributed by atoms with van der Waals surface area (Å²) in [7, 11) is 0. The number of benzene rings is 2. The Hall–Kier alpha value is -2.08. The lowest BCUT2D eigenvalue weighted by Crippen LogP contribution is -1.84. The Kier molecular flexibility index (Phi) is 1.60. The van der Waals surface area contributed by atoms with Crippen molar-refractivity contribution in [3.05, 3.63) is 41.4 Å². The summed E-state index contributed by atoms with van der Waals surface area (Å²) in [5.41, 5.74) is 6.57. The Bertz CT molecular complexity index is 497. The number of nitrogens with zero attached hydrogens (tertiary/aromatic N) is 2. The zero-order valence-electron chi connectivity index (χ0n) is 6.94. The quantitative estimate of drug-likeness (QED) is 0.488. The molecule has 3 nitrogen and oxygen atoms in total. The second-order valence-electron chi connectivity index (χ2n) is 2.82. The molecule has 0 aromatic heterocycles. The summed E-state index contributed by atoms with van der Waals surface area (Å²) >= 11 is 0. The molecule has 2 aromatic rings. The highest BCUT2D eigenvalue weighted by Crippen LogP contribution is 2.31. The number of nitrogens with two attached hydrogens (primary N) is 1. The van der Waals surface area contributed by atoms with E-state index in [4.69, 9.17) is 11.1 Å². The van der Waals surface area contributed by atoms with Gasteiger partial charge in [-0.3, -0.25) is 0 Å². The van der Waals surface area contributed by atoms with Gasteiger partial charge < -0.3 is 5.73 Å². The maximum absolute atomic E-state index is 8.76. The fourth-order valence-electron chi connectivity index (χ4n) is 1.38. The molecule has 0 aliphatic rings. The SMILES string of the molecule is N#[N+]c1c(N)ccc2ccccc12. The zero-order chi connectivity index (χ0) is 9.26. The molecule has 0 saturated carbocycles. The van der Waals surface area contributed by atoms with Gasteiger partial charge in [-0.1, -0.05) is 24.3 Å². The molecule has 0 saturated heterocycles. The molecule has 0 aliphatic heterocycles. The summed E-state index contributed by atoms with van der Waals surface area (Å²) in [5.74, 6) is 0. The van der Waals surface area contributed by atoms with Gasteiger partial charge in [0.2, 0.25) is 5.39 Å². The first kappa shape index (κ1) is 7.56. The van der Waals surface area contributed by atoms with Crippen molar-refractivity contribution in [1.29, 1.82) is 5.39 Å². The summed E-state index contributed by atoms with van der Waals surface area (Å²) in [4.78, 5) is 3.17. The molecule has 3 heteroatoms. The van der Waals surface area contributed by atoms with E-state index < -0.39 is 0 Å². The summed E-state index contributed by atoms with van der Waals surface area (Å²) in [6, 6.07) is 11.3. The smallest absolute Gasteiger partial charge is 0.392 e. The van der Waals surface area contributed by atoms with Gasteiger partial charge in [-0.15, -0.1) is 0 Å². The van der Waals surface area contributed by atoms with Crippen LogP contribution in [-0.4, -0.2) is 0 Å². The minimum atomic E-state index is 0.443. The van der Waals surface area contributed by atoms with Crippen LogP contribution in [-0.2, 0) is 0 Å². The number of nitrogen functional groups attached to an aromatic ring is 1. The van der Waals surface area contributed by atoms with Crippen molar-refractivity contribution in [2.24, 2.45) is 0 Å². The highest BCUT2D eigenvalue weighted by molar-refractivity contribution is 5.99. The summed E-state index contributed by atoms with van der Waals surface area (Å²) < 4.78 is 0. The van der Waals surface area contributed by atoms with E-state index >= 15 is 0 Å². The molecule has 2 aromatic carbocycles. The lowest BCUT2D eigenvalue weighted by atomic mass is 10.1. The van der Waals surface area contributed by atoms with E-state index in [1.807, 2.05) is 30.3 Å². The molecule has 0 spiro atoms. The van der Waals surface area contributed by atoms with Crippen LogP contribution in [0, 0.1) is 5.39 Å². The van der Waals surface area contributed by atoms with E-state index in [1.165, 1.54) is 0 Å². The minimum absolute atomic E-state index is 0.443. The van der Waals surface area contributed by atoms with E-state index in [-0.39, 0.29) is 0 Å². The van der Waals surface area contributed by atoms with Crippen molar-refractivity contribution in [3.8, 4) is 0 Å². The Morgan fingerprint density at radius 2 is 1.85 bits per heavy atom. The number of anilines is 1. The summed E-state index contributed by atoms with van der Waals surface area (Å²) in [6.07, 6.45) is 0. The van der Waals surface area contributed by atoms with Crippen LogP contribution < -0.4 is 5.73 Å². The number of hydrogen-bond donors (Lipinski definition) is 1. The van der Waals surface area contributed by atoms with Gasteiger partial charge in [0.25, 0.3) is 0 Å². The Labute approximate surface area is 75.4 Å². The molecule has 0 heterocycles. The summed E-state index contributed by atoms with van der Waals surface area (Å²) in [5, 5.41) is 10.6. The monoisotopic (exact) mass is 170 g/mol. The average Bonchev–Trinajstić information content (AvgIpc) is 2.18. The van der Waals surface area contributed by atoms with Crippen LogP contribution in [0.15, 0.2) is 36.4 Å². The highest BCUT2D eigenvalue weighted by atomic mass is 14.9. The van der Waals surface area contributed by atoms with E-state index in [2.05, 4.69) is 4.98 Å². The lowest BCUT2D eigenvalue weighted by molar-refractivity contribution is 1.47. The van der Waals surface area contributed by atoms with Gasteiger partial charge >= 0.3 is 5.69 Å². The third-order valence-electron chi connectivity index (χ3n) is 2.03. The second-order valence-corrected chi connectivity index (χ2v) is 2.82. The number of hydrogen-bond acceptors (Lipinski definition) is 2. The largest absolute Gasteiger partial charge is 0.415 e. The fraction of sp³-hybridized carbons (Fsp3) is 0. The molecule has 0 bridgehead atoms. The predicted octanol–water partition coefficient (Wildman–Crippen LogP) is 2.91. The van der Waals surface area contributed by atoms with Gasteiger partial charge in [0.1, 0.15) is 5.69 Å². The molecular weight excluding hydrogens is 162 g/mol. The first-order valence-corrected chi connectivity index (χ1v) is 3.95. The van der Waals surface area contributed by atoms with Crippen molar-refractivity contribution in [2.45, 2.75) is 0 Å². The van der Waals surface area contributed by atoms with E-state index in [0.717, 1.165) is 10.8 Å². The number of rotatable bonds is 0. The molecule has 2 N–H and O–H groups in total. The van der Waals surface area contributed by atoms with Crippen LogP contribution in [0.3, 0.4) is 0 Å². The van der Waals surface area contributed by atoms with Crippen LogP contribution >= 0.6 is 0 Å². The molecule has 0 aliphatic carbocycles. The van der Waals surface area contributed by atoms with Gasteiger partial charge in [-0.2, -0.15) is 0 Å². The molecule has 0 unspecified atom stereocenters.